The van der Waals surface area contributed by atoms with E-state index in [-0.39, 0.29) is 24.4 Å². The van der Waals surface area contributed by atoms with E-state index in [4.69, 9.17) is 9.47 Å². The van der Waals surface area contributed by atoms with E-state index < -0.39 is 0 Å². The van der Waals surface area contributed by atoms with E-state index in [2.05, 4.69) is 30.8 Å². The van der Waals surface area contributed by atoms with Gasteiger partial charge in [0.2, 0.25) is 12.7 Å². The topological polar surface area (TPSA) is 131 Å². The highest BCUT2D eigenvalue weighted by Gasteiger charge is 2.17. The molecule has 1 aliphatic rings. The van der Waals surface area contributed by atoms with Crippen LogP contribution >= 0.6 is 11.8 Å². The number of nitrogens with zero attached hydrogens (tertiary/aromatic N) is 3. The Morgan fingerprint density at radius 2 is 1.89 bits per heavy atom. The van der Waals surface area contributed by atoms with Gasteiger partial charge in [0, 0.05) is 29.2 Å². The van der Waals surface area contributed by atoms with Crippen LogP contribution in [-0.4, -0.2) is 44.5 Å². The summed E-state index contributed by atoms with van der Waals surface area (Å²) >= 11 is 1.18. The van der Waals surface area contributed by atoms with Gasteiger partial charge in [-0.2, -0.15) is 5.10 Å². The van der Waals surface area contributed by atoms with E-state index in [9.17, 15) is 9.59 Å². The van der Waals surface area contributed by atoms with Crippen LogP contribution in [-0.2, 0) is 4.79 Å². The minimum Gasteiger partial charge on any atom is -0.454 e. The standard InChI is InChI=1S/C24H20N6O4S/c1-14-26-22(30-29-14)15-4-2-5-16(10-15)28-23(32)18-6-3-9-25-24(18)35-12-21(31)27-17-7-8-19-20(11-17)34-13-33-19/h2-11H,12-13H2,1H3,(H,27,31)(H,28,32)(H,26,29,30). The van der Waals surface area contributed by atoms with Crippen molar-refractivity contribution in [3.63, 3.8) is 0 Å². The van der Waals surface area contributed by atoms with Crippen molar-refractivity contribution < 1.29 is 19.1 Å². The highest BCUT2D eigenvalue weighted by molar-refractivity contribution is 8.00. The molecule has 2 aromatic carbocycles. The Kier molecular flexibility index (Phi) is 6.31. The zero-order chi connectivity index (χ0) is 24.2. The number of carbonyl (C=O) groups is 2. The molecule has 35 heavy (non-hydrogen) atoms. The van der Waals surface area contributed by atoms with E-state index in [0.717, 1.165) is 5.56 Å². The third kappa shape index (κ3) is 5.25. The second-order valence-electron chi connectivity index (χ2n) is 7.54. The summed E-state index contributed by atoms with van der Waals surface area (Å²) in [5.74, 6) is 1.98. The number of anilines is 2. The van der Waals surface area contributed by atoms with Gasteiger partial charge in [-0.3, -0.25) is 14.7 Å². The molecule has 0 spiro atoms. The van der Waals surface area contributed by atoms with Gasteiger partial charge in [-0.15, -0.1) is 0 Å². The molecule has 0 unspecified atom stereocenters. The summed E-state index contributed by atoms with van der Waals surface area (Å²) in [6.45, 7) is 1.98. The summed E-state index contributed by atoms with van der Waals surface area (Å²) in [4.78, 5) is 34.1. The predicted molar refractivity (Wildman–Crippen MR) is 131 cm³/mol. The molecule has 0 atom stereocenters. The lowest BCUT2D eigenvalue weighted by molar-refractivity contribution is -0.113. The van der Waals surface area contributed by atoms with E-state index in [1.807, 2.05) is 19.1 Å². The van der Waals surface area contributed by atoms with Crippen molar-refractivity contribution in [3.8, 4) is 22.9 Å². The van der Waals surface area contributed by atoms with Crippen molar-refractivity contribution in [2.75, 3.05) is 23.2 Å². The van der Waals surface area contributed by atoms with Gasteiger partial charge in [-0.1, -0.05) is 23.9 Å². The first-order chi connectivity index (χ1) is 17.0. The molecular formula is C24H20N6O4S. The van der Waals surface area contributed by atoms with Crippen molar-refractivity contribution in [3.05, 3.63) is 72.2 Å². The van der Waals surface area contributed by atoms with E-state index in [1.165, 1.54) is 11.8 Å². The lowest BCUT2D eigenvalue weighted by atomic mass is 10.2. The Morgan fingerprint density at radius 3 is 2.74 bits per heavy atom. The summed E-state index contributed by atoms with van der Waals surface area (Å²) in [5, 5.41) is 13.1. The number of ether oxygens (including phenoxy) is 2. The van der Waals surface area contributed by atoms with Crippen molar-refractivity contribution in [1.82, 2.24) is 20.2 Å². The smallest absolute Gasteiger partial charge is 0.258 e. The van der Waals surface area contributed by atoms with Crippen LogP contribution in [0.15, 0.2) is 65.8 Å². The number of benzene rings is 2. The number of thioether (sulfide) groups is 1. The molecule has 11 heteroatoms. The maximum absolute atomic E-state index is 13.0. The number of carbonyl (C=O) groups excluding carboxylic acids is 2. The molecular weight excluding hydrogens is 468 g/mol. The number of hydrogen-bond donors (Lipinski definition) is 3. The molecule has 0 saturated carbocycles. The summed E-state index contributed by atoms with van der Waals surface area (Å²) in [5.41, 5.74) is 2.33. The molecule has 5 rings (SSSR count). The van der Waals surface area contributed by atoms with Gasteiger partial charge in [0.15, 0.2) is 17.3 Å². The number of amides is 2. The number of aromatic nitrogens is 4. The number of aromatic amines is 1. The van der Waals surface area contributed by atoms with E-state index in [1.54, 1.807) is 48.7 Å². The van der Waals surface area contributed by atoms with Gasteiger partial charge in [-0.05, 0) is 43.3 Å². The second-order valence-corrected chi connectivity index (χ2v) is 8.50. The molecule has 4 aromatic rings. The molecule has 3 N–H and O–H groups in total. The number of nitrogens with one attached hydrogen (secondary N) is 3. The number of pyridine rings is 1. The van der Waals surface area contributed by atoms with E-state index >= 15 is 0 Å². The fourth-order valence-corrected chi connectivity index (χ4v) is 4.18. The minimum absolute atomic E-state index is 0.0748. The highest BCUT2D eigenvalue weighted by atomic mass is 32.2. The summed E-state index contributed by atoms with van der Waals surface area (Å²) < 4.78 is 10.6. The molecule has 0 aliphatic carbocycles. The number of fused-ring (bicyclic) bond motifs is 1. The van der Waals surface area contributed by atoms with Crippen LogP contribution in [0, 0.1) is 6.92 Å². The average molecular weight is 489 g/mol. The average Bonchev–Trinajstić information content (AvgIpc) is 3.51. The van der Waals surface area contributed by atoms with E-state index in [0.29, 0.717) is 45.1 Å². The first-order valence-corrected chi connectivity index (χ1v) is 11.6. The summed E-state index contributed by atoms with van der Waals surface area (Å²) in [6, 6.07) is 15.8. The van der Waals surface area contributed by atoms with Crippen LogP contribution in [0.3, 0.4) is 0 Å². The fraction of sp³-hybridized carbons (Fsp3) is 0.125. The largest absolute Gasteiger partial charge is 0.454 e. The summed E-state index contributed by atoms with van der Waals surface area (Å²) in [7, 11) is 0. The minimum atomic E-state index is -0.333. The number of aryl methyl sites for hydroxylation is 1. The van der Waals surface area contributed by atoms with Crippen LogP contribution in [0.1, 0.15) is 16.2 Å². The summed E-state index contributed by atoms with van der Waals surface area (Å²) in [6.07, 6.45) is 1.58. The molecule has 2 aromatic heterocycles. The zero-order valence-corrected chi connectivity index (χ0v) is 19.4. The Labute approximate surface area is 204 Å². The van der Waals surface area contributed by atoms with Crippen LogP contribution in [0.4, 0.5) is 11.4 Å². The SMILES string of the molecule is Cc1nc(-c2cccc(NC(=O)c3cccnc3SCC(=O)Nc3ccc4c(c3)OCO4)c2)n[nH]1. The van der Waals surface area contributed by atoms with Crippen molar-refractivity contribution >= 4 is 35.0 Å². The van der Waals surface area contributed by atoms with Crippen LogP contribution in [0.5, 0.6) is 11.5 Å². The second kappa shape index (κ2) is 9.85. The number of rotatable bonds is 7. The lowest BCUT2D eigenvalue weighted by Gasteiger charge is -2.10. The lowest BCUT2D eigenvalue weighted by Crippen LogP contribution is -2.16. The van der Waals surface area contributed by atoms with Crippen LogP contribution < -0.4 is 20.1 Å². The highest BCUT2D eigenvalue weighted by Crippen LogP contribution is 2.34. The third-order valence-corrected chi connectivity index (χ3v) is 5.99. The van der Waals surface area contributed by atoms with Gasteiger partial charge in [0.25, 0.3) is 5.91 Å². The number of hydrogen-bond acceptors (Lipinski definition) is 8. The molecule has 1 aliphatic heterocycles. The van der Waals surface area contributed by atoms with Gasteiger partial charge >= 0.3 is 0 Å². The van der Waals surface area contributed by atoms with Gasteiger partial charge in [-0.25, -0.2) is 9.97 Å². The van der Waals surface area contributed by atoms with Gasteiger partial charge < -0.3 is 20.1 Å². The van der Waals surface area contributed by atoms with Crippen molar-refractivity contribution in [1.29, 1.82) is 0 Å². The first kappa shape index (κ1) is 22.4. The third-order valence-electron chi connectivity index (χ3n) is 4.99. The Bertz CT molecular complexity index is 1410. The predicted octanol–water partition coefficient (Wildman–Crippen LogP) is 3.89. The quantitative estimate of drug-likeness (QED) is 0.334. The Balaban J connectivity index is 1.23. The molecule has 0 radical (unpaired) electrons. The normalized spacial score (nSPS) is 11.8. The molecule has 10 nitrogen and oxygen atoms in total. The molecule has 0 saturated heterocycles. The monoisotopic (exact) mass is 488 g/mol. The van der Waals surface area contributed by atoms with Crippen LogP contribution in [0.25, 0.3) is 11.4 Å². The molecule has 0 fully saturated rings. The molecule has 2 amide bonds. The van der Waals surface area contributed by atoms with Gasteiger partial charge in [0.05, 0.1) is 11.3 Å². The molecule has 176 valence electrons. The maximum Gasteiger partial charge on any atom is 0.258 e. The Morgan fingerprint density at radius 1 is 1.03 bits per heavy atom. The maximum atomic E-state index is 13.0. The van der Waals surface area contributed by atoms with Gasteiger partial charge in [0.1, 0.15) is 10.9 Å². The Hall–Kier alpha value is -4.38. The van der Waals surface area contributed by atoms with Crippen molar-refractivity contribution in [2.45, 2.75) is 11.9 Å². The first-order valence-electron chi connectivity index (χ1n) is 10.6. The van der Waals surface area contributed by atoms with Crippen LogP contribution in [0.2, 0.25) is 0 Å². The zero-order valence-electron chi connectivity index (χ0n) is 18.6. The molecule has 0 bridgehead atoms. The molecule has 3 heterocycles. The number of H-pyrrole nitrogens is 1. The fourth-order valence-electron chi connectivity index (χ4n) is 3.39. The van der Waals surface area contributed by atoms with Crippen molar-refractivity contribution in [2.24, 2.45) is 0 Å².